The Morgan fingerprint density at radius 2 is 1.05 bits per heavy atom. The molecule has 0 bridgehead atoms. The van der Waals surface area contributed by atoms with E-state index in [9.17, 15) is 63.0 Å². The van der Waals surface area contributed by atoms with E-state index in [1.807, 2.05) is 13.8 Å². The number of aliphatic carboxylic acids is 2. The van der Waals surface area contributed by atoms with E-state index in [1.54, 1.807) is 74.5 Å². The lowest BCUT2D eigenvalue weighted by molar-refractivity contribution is -0.146. The Balaban J connectivity index is 1.46. The smallest absolute Gasteiger partial charge is 0.305 e. The number of hydrogen-bond donors (Lipinski definition) is 13. The van der Waals surface area contributed by atoms with E-state index in [1.165, 1.54) is 16.8 Å². The molecular formula is C70H104N12O16S. The number of carboxylic acids is 2. The first kappa shape index (κ1) is 81.0. The number of nitrogens with zero attached hydrogens (tertiary/aromatic N) is 2. The minimum atomic E-state index is -1.72. The van der Waals surface area contributed by atoms with E-state index < -0.39 is 174 Å². The number of primary amides is 2. The van der Waals surface area contributed by atoms with Crippen LogP contribution in [0.25, 0.3) is 0 Å². The van der Waals surface area contributed by atoms with Gasteiger partial charge in [0.05, 0.1) is 6.42 Å². The summed E-state index contributed by atoms with van der Waals surface area (Å²) in [7, 11) is 1.43. The van der Waals surface area contributed by atoms with E-state index >= 15 is 14.4 Å². The van der Waals surface area contributed by atoms with Crippen LogP contribution < -0.4 is 54.0 Å². The van der Waals surface area contributed by atoms with Gasteiger partial charge in [-0.3, -0.25) is 67.1 Å². The third-order valence-electron chi connectivity index (χ3n) is 19.0. The van der Waals surface area contributed by atoms with Crippen LogP contribution in [0.1, 0.15) is 187 Å². The Kier molecular flexibility index (Phi) is 33.1. The number of nitrogens with two attached hydrogens (primary N) is 2. The molecule has 5 rings (SSSR count). The number of nitrogens with one attached hydrogen (secondary N) is 8. The quantitative estimate of drug-likeness (QED) is 0.0428. The maximum atomic E-state index is 15.5. The van der Waals surface area contributed by atoms with Crippen molar-refractivity contribution in [2.45, 2.75) is 236 Å². The molecule has 546 valence electrons. The largest absolute Gasteiger partial charge is 0.481 e. The maximum absolute atomic E-state index is 15.5. The molecule has 11 atom stereocenters. The summed E-state index contributed by atoms with van der Waals surface area (Å²) in [4.78, 5) is 195. The number of amides is 12. The van der Waals surface area contributed by atoms with Crippen molar-refractivity contribution in [1.29, 1.82) is 0 Å². The highest BCUT2D eigenvalue weighted by Gasteiger charge is 2.44. The number of likely N-dealkylation sites (tertiary alicyclic amines) is 1. The fourth-order valence-corrected chi connectivity index (χ4v) is 13.6. The Bertz CT molecular complexity index is 3060. The summed E-state index contributed by atoms with van der Waals surface area (Å²) < 4.78 is 0. The van der Waals surface area contributed by atoms with E-state index in [2.05, 4.69) is 55.2 Å². The highest BCUT2D eigenvalue weighted by Crippen LogP contribution is 2.33. The summed E-state index contributed by atoms with van der Waals surface area (Å²) >= 11 is 4.54. The van der Waals surface area contributed by atoms with Gasteiger partial charge in [-0.2, -0.15) is 12.6 Å². The van der Waals surface area contributed by atoms with Crippen LogP contribution in [0.5, 0.6) is 0 Å². The van der Waals surface area contributed by atoms with Crippen molar-refractivity contribution in [1.82, 2.24) is 52.3 Å². The molecule has 3 aliphatic rings. The third-order valence-corrected chi connectivity index (χ3v) is 19.4. The van der Waals surface area contributed by atoms with E-state index in [0.717, 1.165) is 71.1 Å². The fraction of sp³-hybridized carbons (Fsp3) is 0.629. The van der Waals surface area contributed by atoms with Crippen molar-refractivity contribution in [3.63, 3.8) is 0 Å². The Morgan fingerprint density at radius 3 is 1.55 bits per heavy atom. The molecule has 1 saturated heterocycles. The highest BCUT2D eigenvalue weighted by atomic mass is 32.1. The van der Waals surface area contributed by atoms with Gasteiger partial charge >= 0.3 is 11.9 Å². The standard InChI is InChI=1S/C70H104N12O16S/c1-7-41(4)59(79-68(96)60(58(45-25-16-10-17-26-45)46-27-18-11-19-28-46)80-63(91)48(31-33-56(85)86)75-65(93)51(38-57(87)88)73-42(5)83)70(98)81(6)54(37-44-23-14-9-15-24-44)67(95)78-52(39-99)69(97)82-34-20-29-53(82)66(94)77-50(36-43-21-12-8-13-22-43)64(92)74-47(30-32-55(71)84)62(90)76-49(61(72)89)35-40(2)3/h10-11,16-19,25-28,40-41,43-44,47-54,58-60,99H,7-9,12-15,20-24,29-39H2,1-6H3,(H2,71,84)(H2,72,89)(H,73,83)(H,74,92)(H,75,93)(H,76,90)(H,77,94)(H,78,95)(H,79,96)(H,80,91)(H,85,86)(H,87,88)/t41-,47-,48-,49-,50-,51-,52-,53-,54-,59-,60-/m0/s1. The Labute approximate surface area is 584 Å². The van der Waals surface area contributed by atoms with Crippen molar-refractivity contribution in [2.75, 3.05) is 19.3 Å². The highest BCUT2D eigenvalue weighted by molar-refractivity contribution is 7.80. The normalized spacial score (nSPS) is 18.0. The van der Waals surface area contributed by atoms with Gasteiger partial charge in [-0.25, -0.2) is 0 Å². The predicted molar refractivity (Wildman–Crippen MR) is 369 cm³/mol. The molecule has 0 spiro atoms. The van der Waals surface area contributed by atoms with E-state index in [0.29, 0.717) is 24.0 Å². The minimum Gasteiger partial charge on any atom is -0.481 e. The molecule has 3 fully saturated rings. The SMILES string of the molecule is CC[C@H](C)[C@H](NC(=O)[C@@H](NC(=O)[C@H](CCC(=O)O)NC(=O)[C@H](CC(=O)O)NC(C)=O)C(c1ccccc1)c1ccccc1)C(=O)N(C)[C@@H](CC1CCCCC1)C(=O)N[C@@H](CS)C(=O)N1CCC[C@H]1C(=O)N[C@@H](CC1CCCCC1)C(=O)N[C@@H](CCC(N)=O)C(=O)N[C@@H](CC(C)C)C(N)=O. The number of carbonyl (C=O) groups is 14. The topological polar surface area (TPSA) is 434 Å². The maximum Gasteiger partial charge on any atom is 0.305 e. The van der Waals surface area contributed by atoms with Crippen LogP contribution in [0.3, 0.4) is 0 Å². The second-order valence-electron chi connectivity index (χ2n) is 27.1. The van der Waals surface area contributed by atoms with Gasteiger partial charge in [-0.15, -0.1) is 0 Å². The van der Waals surface area contributed by atoms with Crippen molar-refractivity contribution >= 4 is 95.5 Å². The van der Waals surface area contributed by atoms with Crippen molar-refractivity contribution in [3.05, 3.63) is 71.8 Å². The van der Waals surface area contributed by atoms with Gasteiger partial charge in [0.2, 0.25) is 70.9 Å². The Hall–Kier alpha value is -8.63. The van der Waals surface area contributed by atoms with Crippen LogP contribution >= 0.6 is 12.6 Å². The summed E-state index contributed by atoms with van der Waals surface area (Å²) in [6.45, 7) is 8.31. The van der Waals surface area contributed by atoms with Crippen LogP contribution in [-0.2, 0) is 67.1 Å². The van der Waals surface area contributed by atoms with Crippen molar-refractivity contribution < 1.29 is 77.3 Å². The van der Waals surface area contributed by atoms with Crippen LogP contribution in [-0.4, -0.2) is 183 Å². The molecule has 12 amide bonds. The number of thiol groups is 1. The molecule has 0 unspecified atom stereocenters. The third kappa shape index (κ3) is 25.6. The van der Waals surface area contributed by atoms with Crippen LogP contribution in [0.2, 0.25) is 0 Å². The summed E-state index contributed by atoms with van der Waals surface area (Å²) in [6, 6.07) is 3.37. The molecular weight excluding hydrogens is 1300 g/mol. The zero-order valence-electron chi connectivity index (χ0n) is 57.8. The van der Waals surface area contributed by atoms with Gasteiger partial charge in [-0.1, -0.05) is 159 Å². The summed E-state index contributed by atoms with van der Waals surface area (Å²) in [6.07, 6.45) is 7.21. The van der Waals surface area contributed by atoms with Gasteiger partial charge in [0, 0.05) is 45.0 Å². The molecule has 2 aromatic carbocycles. The molecule has 29 heteroatoms. The molecule has 28 nitrogen and oxygen atoms in total. The lowest BCUT2D eigenvalue weighted by atomic mass is 9.83. The van der Waals surface area contributed by atoms with Gasteiger partial charge < -0.3 is 74.0 Å². The van der Waals surface area contributed by atoms with E-state index in [-0.39, 0.29) is 68.6 Å². The van der Waals surface area contributed by atoms with Crippen LogP contribution in [0.15, 0.2) is 60.7 Å². The fourth-order valence-electron chi connectivity index (χ4n) is 13.4. The average Bonchev–Trinajstić information content (AvgIpc) is 1.26. The lowest BCUT2D eigenvalue weighted by Gasteiger charge is -2.37. The second kappa shape index (κ2) is 40.4. The molecule has 1 heterocycles. The number of carboxylic acid groups (broad SMARTS) is 2. The first-order valence-electron chi connectivity index (χ1n) is 34.7. The zero-order valence-corrected chi connectivity index (χ0v) is 58.7. The molecule has 0 radical (unpaired) electrons. The van der Waals surface area contributed by atoms with E-state index in [4.69, 9.17) is 11.5 Å². The van der Waals surface area contributed by atoms with Gasteiger partial charge in [0.25, 0.3) is 0 Å². The first-order valence-corrected chi connectivity index (χ1v) is 35.4. The van der Waals surface area contributed by atoms with Gasteiger partial charge in [0.1, 0.15) is 60.4 Å². The monoisotopic (exact) mass is 1400 g/mol. The minimum absolute atomic E-state index is 0.00845. The summed E-state index contributed by atoms with van der Waals surface area (Å²) in [5.41, 5.74) is 12.1. The summed E-state index contributed by atoms with van der Waals surface area (Å²) in [5, 5.41) is 40.7. The average molecular weight is 1400 g/mol. The number of rotatable bonds is 39. The predicted octanol–water partition coefficient (Wildman–Crippen LogP) is 2.59. The van der Waals surface area contributed by atoms with Gasteiger partial charge in [0.15, 0.2) is 0 Å². The summed E-state index contributed by atoms with van der Waals surface area (Å²) in [5.74, 6) is -14.5. The van der Waals surface area contributed by atoms with Crippen LogP contribution in [0, 0.1) is 23.7 Å². The molecule has 14 N–H and O–H groups in total. The molecule has 1 aliphatic heterocycles. The van der Waals surface area contributed by atoms with Gasteiger partial charge in [-0.05, 0) is 79.7 Å². The molecule has 0 aromatic heterocycles. The molecule has 2 aliphatic carbocycles. The van der Waals surface area contributed by atoms with Crippen molar-refractivity contribution in [3.8, 4) is 0 Å². The lowest BCUT2D eigenvalue weighted by Crippen LogP contribution is -2.62. The molecule has 2 saturated carbocycles. The second-order valence-corrected chi connectivity index (χ2v) is 27.5. The van der Waals surface area contributed by atoms with Crippen molar-refractivity contribution in [2.24, 2.45) is 35.1 Å². The molecule has 2 aromatic rings. The number of carbonyl (C=O) groups excluding carboxylic acids is 12. The first-order chi connectivity index (χ1) is 47.0. The number of benzene rings is 2. The van der Waals surface area contributed by atoms with Crippen LogP contribution in [0.4, 0.5) is 0 Å². The molecule has 99 heavy (non-hydrogen) atoms. The Morgan fingerprint density at radius 1 is 0.556 bits per heavy atom. The zero-order chi connectivity index (χ0) is 73.0. The number of hydrogen-bond acceptors (Lipinski definition) is 15. The number of likely N-dealkylation sites (N-methyl/N-ethyl adjacent to an activating group) is 1.